The maximum atomic E-state index is 4.93. The Balaban J connectivity index is 0.000000647. The number of aryl methyl sites for hydroxylation is 1. The number of hydrogen-bond donors (Lipinski definition) is 0. The molecular formula is C20H23Cl2SiZr-. The zero-order valence-electron chi connectivity index (χ0n) is 14.7. The second kappa shape index (κ2) is 8.90. The molecule has 0 aromatic heterocycles. The summed E-state index contributed by atoms with van der Waals surface area (Å²) in [5, 5.41) is 4.27. The van der Waals surface area contributed by atoms with Gasteiger partial charge in [-0.2, -0.15) is 6.07 Å². The van der Waals surface area contributed by atoms with E-state index in [-0.39, 0.29) is 0 Å². The van der Waals surface area contributed by atoms with Gasteiger partial charge in [-0.15, -0.1) is 34.5 Å². The van der Waals surface area contributed by atoms with Crippen molar-refractivity contribution in [2.75, 3.05) is 0 Å². The van der Waals surface area contributed by atoms with Crippen LogP contribution in [0, 0.1) is 0 Å². The molecule has 4 heteroatoms. The summed E-state index contributed by atoms with van der Waals surface area (Å²) in [6.45, 7) is 9.41. The van der Waals surface area contributed by atoms with Crippen molar-refractivity contribution in [3.8, 4) is 11.1 Å². The zero-order chi connectivity index (χ0) is 17.7. The first kappa shape index (κ1) is 20.0. The first-order valence-electron chi connectivity index (χ1n) is 8.16. The molecule has 0 heterocycles. The van der Waals surface area contributed by atoms with Crippen LogP contribution in [0.2, 0.25) is 19.6 Å². The van der Waals surface area contributed by atoms with Crippen molar-refractivity contribution in [3.63, 3.8) is 0 Å². The summed E-state index contributed by atoms with van der Waals surface area (Å²) < 4.78 is 0. The summed E-state index contributed by atoms with van der Waals surface area (Å²) in [5.74, 6) is 0. The third kappa shape index (κ3) is 4.88. The fourth-order valence-electron chi connectivity index (χ4n) is 2.90. The summed E-state index contributed by atoms with van der Waals surface area (Å²) in [7, 11) is 8.66. The third-order valence-corrected chi connectivity index (χ3v) is 6.35. The number of benzene rings is 2. The average molecular weight is 454 g/mol. The Morgan fingerprint density at radius 1 is 1.00 bits per heavy atom. The van der Waals surface area contributed by atoms with Gasteiger partial charge in [-0.3, -0.25) is 0 Å². The Morgan fingerprint density at radius 2 is 1.62 bits per heavy atom. The molecule has 0 N–H and O–H groups in total. The molecule has 0 bridgehead atoms. The van der Waals surface area contributed by atoms with E-state index in [1.807, 2.05) is 0 Å². The molecule has 3 rings (SSSR count). The van der Waals surface area contributed by atoms with Crippen molar-refractivity contribution in [3.05, 3.63) is 60.2 Å². The molecule has 0 fully saturated rings. The molecule has 0 saturated heterocycles. The monoisotopic (exact) mass is 451 g/mol. The van der Waals surface area contributed by atoms with E-state index in [1.165, 1.54) is 32.6 Å². The predicted octanol–water partition coefficient (Wildman–Crippen LogP) is 6.71. The number of rotatable bonds is 3. The van der Waals surface area contributed by atoms with Gasteiger partial charge in [-0.05, 0) is 12.0 Å². The van der Waals surface area contributed by atoms with E-state index >= 15 is 0 Å². The van der Waals surface area contributed by atoms with Crippen LogP contribution in [0.4, 0.5) is 0 Å². The second-order valence-corrected chi connectivity index (χ2v) is 15.7. The Labute approximate surface area is 165 Å². The molecule has 0 unspecified atom stereocenters. The molecule has 0 saturated carbocycles. The van der Waals surface area contributed by atoms with Gasteiger partial charge in [0.2, 0.25) is 0 Å². The third-order valence-electron chi connectivity index (χ3n) is 4.28. The predicted molar refractivity (Wildman–Crippen MR) is 109 cm³/mol. The van der Waals surface area contributed by atoms with Crippen molar-refractivity contribution in [2.45, 2.75) is 33.0 Å². The number of hydrogen-bond acceptors (Lipinski definition) is 0. The van der Waals surface area contributed by atoms with Gasteiger partial charge in [0.25, 0.3) is 0 Å². The summed E-state index contributed by atoms with van der Waals surface area (Å²) in [6.07, 6.45) is 1.10. The normalized spacial score (nSPS) is 11.1. The van der Waals surface area contributed by atoms with E-state index in [4.69, 9.17) is 17.0 Å². The molecule has 126 valence electrons. The number of fused-ring (bicyclic) bond motifs is 1. The summed E-state index contributed by atoms with van der Waals surface area (Å²) in [4.78, 5) is 0. The maximum absolute atomic E-state index is 4.93. The molecule has 0 aliphatic heterocycles. The SMILES string of the molecule is CCc1cc2c(-c3ccc([Si](C)(C)C)cc3)cccc2[cH-]1.[Cl][Zr][Cl]. The number of halogens is 2. The Bertz CT molecular complexity index is 785. The average Bonchev–Trinajstić information content (AvgIpc) is 2.98. The molecule has 3 aromatic carbocycles. The van der Waals surface area contributed by atoms with Crippen molar-refractivity contribution in [1.82, 2.24) is 0 Å². The summed E-state index contributed by atoms with van der Waals surface area (Å²) in [6, 6.07) is 20.5. The molecule has 0 aliphatic carbocycles. The first-order valence-corrected chi connectivity index (χ1v) is 18.0. The van der Waals surface area contributed by atoms with Crippen LogP contribution in [0.1, 0.15) is 12.5 Å². The van der Waals surface area contributed by atoms with Crippen LogP contribution in [0.5, 0.6) is 0 Å². The molecule has 0 atom stereocenters. The van der Waals surface area contributed by atoms with Crippen LogP contribution in [-0.2, 0) is 27.3 Å². The van der Waals surface area contributed by atoms with Gasteiger partial charge < -0.3 is 0 Å². The zero-order valence-corrected chi connectivity index (χ0v) is 19.6. The Morgan fingerprint density at radius 3 is 2.17 bits per heavy atom. The van der Waals surface area contributed by atoms with Crippen molar-refractivity contribution >= 4 is 41.1 Å². The van der Waals surface area contributed by atoms with E-state index in [0.29, 0.717) is 0 Å². The summed E-state index contributed by atoms with van der Waals surface area (Å²) >= 11 is -0.826. The minimum absolute atomic E-state index is 0.826. The van der Waals surface area contributed by atoms with Crippen molar-refractivity contribution in [1.29, 1.82) is 0 Å². The Kier molecular flexibility index (Phi) is 7.43. The van der Waals surface area contributed by atoms with E-state index in [2.05, 4.69) is 81.2 Å². The minimum atomic E-state index is -1.21. The molecule has 0 aliphatic rings. The van der Waals surface area contributed by atoms with E-state index < -0.39 is 28.9 Å². The van der Waals surface area contributed by atoms with Crippen LogP contribution >= 0.6 is 17.0 Å². The van der Waals surface area contributed by atoms with Gasteiger partial charge in [-0.25, -0.2) is 0 Å². The van der Waals surface area contributed by atoms with Crippen LogP contribution < -0.4 is 5.19 Å². The molecule has 3 aromatic rings. The van der Waals surface area contributed by atoms with Crippen molar-refractivity contribution < 1.29 is 20.8 Å². The molecule has 24 heavy (non-hydrogen) atoms. The van der Waals surface area contributed by atoms with Gasteiger partial charge in [0, 0.05) is 0 Å². The molecular weight excluding hydrogens is 430 g/mol. The fraction of sp³-hybridized carbons (Fsp3) is 0.250. The van der Waals surface area contributed by atoms with Crippen LogP contribution in [0.25, 0.3) is 21.9 Å². The molecule has 0 radical (unpaired) electrons. The van der Waals surface area contributed by atoms with Gasteiger partial charge in [0.05, 0.1) is 8.07 Å². The molecule has 0 nitrogen and oxygen atoms in total. The van der Waals surface area contributed by atoms with Gasteiger partial charge in [0.1, 0.15) is 0 Å². The van der Waals surface area contributed by atoms with Gasteiger partial charge >= 0.3 is 37.9 Å². The van der Waals surface area contributed by atoms with Crippen LogP contribution in [-0.4, -0.2) is 8.07 Å². The van der Waals surface area contributed by atoms with Crippen molar-refractivity contribution in [2.24, 2.45) is 0 Å². The van der Waals surface area contributed by atoms with Crippen LogP contribution in [0.3, 0.4) is 0 Å². The first-order chi connectivity index (χ1) is 11.4. The van der Waals surface area contributed by atoms with E-state index in [1.54, 1.807) is 0 Å². The van der Waals surface area contributed by atoms with E-state index in [0.717, 1.165) is 6.42 Å². The second-order valence-electron chi connectivity index (χ2n) is 6.92. The topological polar surface area (TPSA) is 0 Å². The van der Waals surface area contributed by atoms with E-state index in [9.17, 15) is 0 Å². The standard InChI is InChI=1S/C20H23Si.2ClH.Zr/c1-5-15-13-17-7-6-8-19(20(17)14-15)16-9-11-18(12-10-16)21(2,3)4;;;/h6-14H,5H2,1-4H3;2*1H;/q-1;;;+2/p-2. The molecule has 0 amide bonds. The van der Waals surface area contributed by atoms with Gasteiger partial charge in [0.15, 0.2) is 0 Å². The molecule has 0 spiro atoms. The van der Waals surface area contributed by atoms with Crippen LogP contribution in [0.15, 0.2) is 54.6 Å². The fourth-order valence-corrected chi connectivity index (χ4v) is 4.07. The van der Waals surface area contributed by atoms with Gasteiger partial charge in [-0.1, -0.05) is 67.6 Å². The Hall–Kier alpha value is -0.270. The summed E-state index contributed by atoms with van der Waals surface area (Å²) in [5.41, 5.74) is 4.11. The quantitative estimate of drug-likeness (QED) is 0.305.